The molecule has 1 unspecified atom stereocenters. The third-order valence-electron chi connectivity index (χ3n) is 1.86. The maximum atomic E-state index is 5.38. The van der Waals surface area contributed by atoms with Gasteiger partial charge in [0.05, 0.1) is 31.9 Å². The van der Waals surface area contributed by atoms with E-state index in [9.17, 15) is 0 Å². The van der Waals surface area contributed by atoms with E-state index in [2.05, 4.69) is 11.6 Å². The van der Waals surface area contributed by atoms with E-state index in [1.54, 1.807) is 0 Å². The molecule has 0 N–H and O–H groups in total. The predicted molar refractivity (Wildman–Crippen MR) is 54.4 cm³/mol. The zero-order valence-corrected chi connectivity index (χ0v) is 8.57. The van der Waals surface area contributed by atoms with Crippen LogP contribution in [0.4, 0.5) is 0 Å². The fourth-order valence-corrected chi connectivity index (χ4v) is 1.17. The second-order valence-corrected chi connectivity index (χ2v) is 3.08. The van der Waals surface area contributed by atoms with Crippen LogP contribution in [0.2, 0.25) is 0 Å². The first kappa shape index (κ1) is 11.0. The number of hydrogen-bond acceptors (Lipinski definition) is 4. The van der Waals surface area contributed by atoms with Gasteiger partial charge >= 0.3 is 0 Å². The van der Waals surface area contributed by atoms with Crippen LogP contribution >= 0.6 is 0 Å². The zero-order valence-electron chi connectivity index (χ0n) is 8.57. The zero-order chi connectivity index (χ0) is 10.2. The number of ether oxygens (including phenoxy) is 3. The molecule has 14 heavy (non-hydrogen) atoms. The van der Waals surface area contributed by atoms with E-state index in [0.717, 1.165) is 12.4 Å². The number of aliphatic imine (C=N–C) groups is 1. The average molecular weight is 199 g/mol. The fraction of sp³-hybridized carbons (Fsp3) is 0.700. The van der Waals surface area contributed by atoms with Crippen molar-refractivity contribution in [2.45, 2.75) is 6.92 Å². The lowest BCUT2D eigenvalue weighted by Crippen LogP contribution is -2.18. The Hall–Kier alpha value is -1.03. The quantitative estimate of drug-likeness (QED) is 0.457. The Balaban J connectivity index is 2.02. The summed E-state index contributed by atoms with van der Waals surface area (Å²) in [5.74, 6) is 1.05. The molecule has 80 valence electrons. The van der Waals surface area contributed by atoms with E-state index in [0.29, 0.717) is 26.4 Å². The van der Waals surface area contributed by atoms with Gasteiger partial charge in [0.1, 0.15) is 13.2 Å². The van der Waals surface area contributed by atoms with Crippen molar-refractivity contribution in [3.05, 3.63) is 12.8 Å². The van der Waals surface area contributed by atoms with Gasteiger partial charge in [-0.2, -0.15) is 0 Å². The minimum atomic E-state index is 0.237. The van der Waals surface area contributed by atoms with E-state index >= 15 is 0 Å². The Morgan fingerprint density at radius 3 is 3.14 bits per heavy atom. The molecule has 0 radical (unpaired) electrons. The SMILES string of the molecule is C=COCCOCC(C)C1=NCCO1. The Morgan fingerprint density at radius 1 is 1.64 bits per heavy atom. The monoisotopic (exact) mass is 199 g/mol. The lowest BCUT2D eigenvalue weighted by atomic mass is 10.2. The number of rotatable bonds is 7. The van der Waals surface area contributed by atoms with Crippen LogP contribution < -0.4 is 0 Å². The first-order valence-corrected chi connectivity index (χ1v) is 4.82. The summed E-state index contributed by atoms with van der Waals surface area (Å²) in [6, 6.07) is 0. The fourth-order valence-electron chi connectivity index (χ4n) is 1.17. The molecule has 0 bridgehead atoms. The molecular weight excluding hydrogens is 182 g/mol. The lowest BCUT2D eigenvalue weighted by molar-refractivity contribution is 0.0733. The van der Waals surface area contributed by atoms with Gasteiger partial charge in [-0.25, -0.2) is 0 Å². The van der Waals surface area contributed by atoms with Crippen LogP contribution in [-0.2, 0) is 14.2 Å². The van der Waals surface area contributed by atoms with Gasteiger partial charge in [0.25, 0.3) is 0 Å². The van der Waals surface area contributed by atoms with Gasteiger partial charge < -0.3 is 14.2 Å². The molecule has 0 aromatic rings. The van der Waals surface area contributed by atoms with Gasteiger partial charge in [0.2, 0.25) is 0 Å². The van der Waals surface area contributed by atoms with Crippen molar-refractivity contribution in [3.8, 4) is 0 Å². The third-order valence-corrected chi connectivity index (χ3v) is 1.86. The van der Waals surface area contributed by atoms with Crippen LogP contribution in [-0.4, -0.2) is 38.9 Å². The van der Waals surface area contributed by atoms with Crippen LogP contribution in [0.25, 0.3) is 0 Å². The van der Waals surface area contributed by atoms with Crippen molar-refractivity contribution in [1.29, 1.82) is 0 Å². The van der Waals surface area contributed by atoms with E-state index in [-0.39, 0.29) is 5.92 Å². The Labute approximate surface area is 84.6 Å². The standard InChI is InChI=1S/C10H17NO3/c1-3-12-6-7-13-8-9(2)10-11-4-5-14-10/h3,9H,1,4-8H2,2H3. The summed E-state index contributed by atoms with van der Waals surface area (Å²) >= 11 is 0. The molecule has 0 aromatic heterocycles. The molecule has 0 saturated carbocycles. The highest BCUT2D eigenvalue weighted by Gasteiger charge is 2.15. The highest BCUT2D eigenvalue weighted by molar-refractivity contribution is 5.79. The van der Waals surface area contributed by atoms with Crippen molar-refractivity contribution in [2.24, 2.45) is 10.9 Å². The van der Waals surface area contributed by atoms with Crippen molar-refractivity contribution in [2.75, 3.05) is 33.0 Å². The third kappa shape index (κ3) is 3.79. The summed E-state index contributed by atoms with van der Waals surface area (Å²) < 4.78 is 15.6. The molecule has 0 fully saturated rings. The Kier molecular flexibility index (Phi) is 5.07. The first-order valence-electron chi connectivity index (χ1n) is 4.82. The van der Waals surface area contributed by atoms with E-state index in [1.165, 1.54) is 6.26 Å². The molecule has 0 aliphatic carbocycles. The molecule has 4 nitrogen and oxygen atoms in total. The highest BCUT2D eigenvalue weighted by atomic mass is 16.5. The van der Waals surface area contributed by atoms with E-state index in [1.807, 2.05) is 6.92 Å². The van der Waals surface area contributed by atoms with Crippen LogP contribution in [0.1, 0.15) is 6.92 Å². The van der Waals surface area contributed by atoms with Crippen molar-refractivity contribution < 1.29 is 14.2 Å². The predicted octanol–water partition coefficient (Wildman–Crippen LogP) is 1.23. The summed E-state index contributed by atoms with van der Waals surface area (Å²) in [4.78, 5) is 4.22. The second-order valence-electron chi connectivity index (χ2n) is 3.08. The molecule has 1 aliphatic heterocycles. The molecule has 0 aromatic carbocycles. The molecule has 0 amide bonds. The molecule has 1 aliphatic rings. The van der Waals surface area contributed by atoms with Gasteiger partial charge in [-0.05, 0) is 0 Å². The molecule has 1 atom stereocenters. The van der Waals surface area contributed by atoms with Crippen molar-refractivity contribution >= 4 is 5.90 Å². The molecule has 1 heterocycles. The van der Waals surface area contributed by atoms with Crippen LogP contribution in [0.15, 0.2) is 17.8 Å². The Morgan fingerprint density at radius 2 is 2.50 bits per heavy atom. The molecule has 0 saturated heterocycles. The molecule has 0 spiro atoms. The maximum absolute atomic E-state index is 5.38. The number of nitrogens with zero attached hydrogens (tertiary/aromatic N) is 1. The van der Waals surface area contributed by atoms with Gasteiger partial charge in [-0.3, -0.25) is 4.99 Å². The first-order chi connectivity index (χ1) is 6.84. The van der Waals surface area contributed by atoms with Gasteiger partial charge in [-0.15, -0.1) is 0 Å². The summed E-state index contributed by atoms with van der Waals surface area (Å²) in [6.07, 6.45) is 1.41. The molecular formula is C10H17NO3. The normalized spacial score (nSPS) is 17.1. The average Bonchev–Trinajstić information content (AvgIpc) is 2.70. The molecule has 4 heteroatoms. The van der Waals surface area contributed by atoms with E-state index < -0.39 is 0 Å². The minimum absolute atomic E-state index is 0.237. The minimum Gasteiger partial charge on any atom is -0.499 e. The van der Waals surface area contributed by atoms with Gasteiger partial charge in [0.15, 0.2) is 5.90 Å². The van der Waals surface area contributed by atoms with E-state index in [4.69, 9.17) is 14.2 Å². The maximum Gasteiger partial charge on any atom is 0.188 e. The summed E-state index contributed by atoms with van der Waals surface area (Å²) in [6.45, 7) is 8.71. The number of hydrogen-bond donors (Lipinski definition) is 0. The Bertz CT molecular complexity index is 204. The topological polar surface area (TPSA) is 40.0 Å². The van der Waals surface area contributed by atoms with Crippen molar-refractivity contribution in [3.63, 3.8) is 0 Å². The summed E-state index contributed by atoms with van der Waals surface area (Å²) in [5, 5.41) is 0. The lowest BCUT2D eigenvalue weighted by Gasteiger charge is -2.11. The van der Waals surface area contributed by atoms with Crippen LogP contribution in [0.5, 0.6) is 0 Å². The second kappa shape index (κ2) is 6.43. The highest BCUT2D eigenvalue weighted by Crippen LogP contribution is 2.06. The molecule has 1 rings (SSSR count). The van der Waals surface area contributed by atoms with Crippen LogP contribution in [0, 0.1) is 5.92 Å². The van der Waals surface area contributed by atoms with Crippen LogP contribution in [0.3, 0.4) is 0 Å². The summed E-state index contributed by atoms with van der Waals surface area (Å²) in [5.41, 5.74) is 0. The summed E-state index contributed by atoms with van der Waals surface area (Å²) in [7, 11) is 0. The van der Waals surface area contributed by atoms with Crippen molar-refractivity contribution in [1.82, 2.24) is 0 Å². The largest absolute Gasteiger partial charge is 0.499 e. The smallest absolute Gasteiger partial charge is 0.188 e. The van der Waals surface area contributed by atoms with Gasteiger partial charge in [0, 0.05) is 0 Å². The van der Waals surface area contributed by atoms with Gasteiger partial charge in [-0.1, -0.05) is 13.5 Å².